The molecule has 2 rings (SSSR count). The van der Waals surface area contributed by atoms with Gasteiger partial charge in [0, 0.05) is 12.2 Å². The predicted octanol–water partition coefficient (Wildman–Crippen LogP) is 2.09. The highest BCUT2D eigenvalue weighted by Crippen LogP contribution is 2.15. The fourth-order valence-corrected chi connectivity index (χ4v) is 1.97. The van der Waals surface area contributed by atoms with Crippen LogP contribution in [0.15, 0.2) is 48.5 Å². The first kappa shape index (κ1) is 14.9. The molecule has 110 valence electrons. The van der Waals surface area contributed by atoms with Crippen LogP contribution in [0.4, 0.5) is 5.69 Å². The van der Waals surface area contributed by atoms with Crippen LogP contribution in [0.25, 0.3) is 0 Å². The Morgan fingerprint density at radius 3 is 2.76 bits per heavy atom. The molecule has 1 amide bonds. The SMILES string of the molecule is Cc1cccc(OCCNc2ccccc2C(=O)NN)c1. The molecule has 0 saturated carbocycles. The fraction of sp³-hybridized carbons (Fsp3) is 0.188. The van der Waals surface area contributed by atoms with E-state index in [0.717, 1.165) is 17.0 Å². The Labute approximate surface area is 124 Å². The summed E-state index contributed by atoms with van der Waals surface area (Å²) in [4.78, 5) is 11.6. The first-order valence-corrected chi connectivity index (χ1v) is 6.74. The zero-order chi connectivity index (χ0) is 15.1. The molecule has 0 fully saturated rings. The monoisotopic (exact) mass is 285 g/mol. The lowest BCUT2D eigenvalue weighted by Crippen LogP contribution is -2.30. The second kappa shape index (κ2) is 7.31. The number of benzene rings is 2. The van der Waals surface area contributed by atoms with Gasteiger partial charge in [0.1, 0.15) is 12.4 Å². The Morgan fingerprint density at radius 1 is 1.19 bits per heavy atom. The van der Waals surface area contributed by atoms with Crippen LogP contribution in [0.1, 0.15) is 15.9 Å². The molecule has 0 unspecified atom stereocenters. The van der Waals surface area contributed by atoms with Gasteiger partial charge in [0.05, 0.1) is 5.56 Å². The molecule has 0 aliphatic rings. The van der Waals surface area contributed by atoms with Gasteiger partial charge in [0.15, 0.2) is 0 Å². The fourth-order valence-electron chi connectivity index (χ4n) is 1.97. The molecule has 5 heteroatoms. The summed E-state index contributed by atoms with van der Waals surface area (Å²) in [6.07, 6.45) is 0. The lowest BCUT2D eigenvalue weighted by atomic mass is 10.1. The third-order valence-corrected chi connectivity index (χ3v) is 2.98. The number of hydrazine groups is 1. The number of hydrogen-bond donors (Lipinski definition) is 3. The first-order chi connectivity index (χ1) is 10.2. The lowest BCUT2D eigenvalue weighted by molar-refractivity contribution is 0.0954. The van der Waals surface area contributed by atoms with E-state index in [1.54, 1.807) is 12.1 Å². The van der Waals surface area contributed by atoms with Crippen LogP contribution in [0.5, 0.6) is 5.75 Å². The normalized spacial score (nSPS) is 10.0. The number of aryl methyl sites for hydroxylation is 1. The van der Waals surface area contributed by atoms with Crippen LogP contribution >= 0.6 is 0 Å². The van der Waals surface area contributed by atoms with Crippen molar-refractivity contribution < 1.29 is 9.53 Å². The van der Waals surface area contributed by atoms with Crippen molar-refractivity contribution in [3.05, 3.63) is 59.7 Å². The standard InChI is InChI=1S/C16H19N3O2/c1-12-5-4-6-13(11-12)21-10-9-18-15-8-3-2-7-14(15)16(20)19-17/h2-8,11,18H,9-10,17H2,1H3,(H,19,20). The number of carbonyl (C=O) groups excluding carboxylic acids is 1. The van der Waals surface area contributed by atoms with E-state index >= 15 is 0 Å². The highest BCUT2D eigenvalue weighted by atomic mass is 16.5. The smallest absolute Gasteiger partial charge is 0.267 e. The van der Waals surface area contributed by atoms with Crippen LogP contribution in [0.2, 0.25) is 0 Å². The number of hydrogen-bond acceptors (Lipinski definition) is 4. The van der Waals surface area contributed by atoms with Gasteiger partial charge in [-0.1, -0.05) is 24.3 Å². The number of ether oxygens (including phenoxy) is 1. The number of nitrogens with one attached hydrogen (secondary N) is 2. The Morgan fingerprint density at radius 2 is 2.00 bits per heavy atom. The van der Waals surface area contributed by atoms with Crippen LogP contribution in [-0.2, 0) is 0 Å². The van der Waals surface area contributed by atoms with Crippen LogP contribution in [0, 0.1) is 6.92 Å². The molecule has 0 aromatic heterocycles. The molecule has 2 aromatic rings. The molecule has 0 saturated heterocycles. The molecule has 0 radical (unpaired) electrons. The lowest BCUT2D eigenvalue weighted by Gasteiger charge is -2.12. The van der Waals surface area contributed by atoms with Crippen molar-refractivity contribution in [1.29, 1.82) is 0 Å². The molecule has 2 aromatic carbocycles. The highest BCUT2D eigenvalue weighted by molar-refractivity contribution is 5.99. The van der Waals surface area contributed by atoms with E-state index < -0.39 is 0 Å². The number of amides is 1. The minimum Gasteiger partial charge on any atom is -0.492 e. The summed E-state index contributed by atoms with van der Waals surface area (Å²) in [6, 6.07) is 15.1. The van der Waals surface area contributed by atoms with Crippen molar-refractivity contribution in [2.75, 3.05) is 18.5 Å². The third-order valence-electron chi connectivity index (χ3n) is 2.98. The Hall–Kier alpha value is -2.53. The molecule has 4 N–H and O–H groups in total. The minimum absolute atomic E-state index is 0.322. The first-order valence-electron chi connectivity index (χ1n) is 6.74. The van der Waals surface area contributed by atoms with Crippen LogP contribution in [-0.4, -0.2) is 19.1 Å². The number of nitrogen functional groups attached to an aromatic ring is 1. The van der Waals surface area contributed by atoms with Crippen molar-refractivity contribution in [2.45, 2.75) is 6.92 Å². The van der Waals surface area contributed by atoms with Gasteiger partial charge < -0.3 is 10.1 Å². The van der Waals surface area contributed by atoms with Gasteiger partial charge >= 0.3 is 0 Å². The van der Waals surface area contributed by atoms with Gasteiger partial charge in [-0.15, -0.1) is 0 Å². The molecular weight excluding hydrogens is 266 g/mol. The average Bonchev–Trinajstić information content (AvgIpc) is 2.51. The van der Waals surface area contributed by atoms with Gasteiger partial charge in [-0.2, -0.15) is 0 Å². The quantitative estimate of drug-likeness (QED) is 0.329. The third kappa shape index (κ3) is 4.22. The van der Waals surface area contributed by atoms with E-state index in [2.05, 4.69) is 10.7 Å². The summed E-state index contributed by atoms with van der Waals surface area (Å²) in [5.41, 5.74) is 4.53. The van der Waals surface area contributed by atoms with E-state index in [9.17, 15) is 4.79 Å². The van der Waals surface area contributed by atoms with Crippen LogP contribution in [0.3, 0.4) is 0 Å². The molecule has 0 spiro atoms. The van der Waals surface area contributed by atoms with Crippen LogP contribution < -0.4 is 21.3 Å². The summed E-state index contributed by atoms with van der Waals surface area (Å²) >= 11 is 0. The van der Waals surface area contributed by atoms with Gasteiger partial charge in [0.25, 0.3) is 5.91 Å². The van der Waals surface area contributed by atoms with Crippen molar-refractivity contribution in [2.24, 2.45) is 5.84 Å². The van der Waals surface area contributed by atoms with E-state index in [-0.39, 0.29) is 5.91 Å². The Balaban J connectivity index is 1.88. The van der Waals surface area contributed by atoms with E-state index in [4.69, 9.17) is 10.6 Å². The van der Waals surface area contributed by atoms with Gasteiger partial charge in [-0.3, -0.25) is 10.2 Å². The van der Waals surface area contributed by atoms with Gasteiger partial charge in [0.2, 0.25) is 0 Å². The molecule has 5 nitrogen and oxygen atoms in total. The largest absolute Gasteiger partial charge is 0.492 e. The number of carbonyl (C=O) groups is 1. The Bertz CT molecular complexity index is 614. The molecule has 0 atom stereocenters. The summed E-state index contributed by atoms with van der Waals surface area (Å²) in [5.74, 6) is 5.68. The molecule has 21 heavy (non-hydrogen) atoms. The van der Waals surface area contributed by atoms with Gasteiger partial charge in [-0.05, 0) is 36.8 Å². The number of nitrogens with two attached hydrogens (primary N) is 1. The molecule has 0 heterocycles. The molecule has 0 aliphatic heterocycles. The highest BCUT2D eigenvalue weighted by Gasteiger charge is 2.08. The maximum Gasteiger partial charge on any atom is 0.267 e. The van der Waals surface area contributed by atoms with E-state index in [0.29, 0.717) is 18.7 Å². The Kier molecular flexibility index (Phi) is 5.17. The second-order valence-corrected chi connectivity index (χ2v) is 4.61. The van der Waals surface area contributed by atoms with Gasteiger partial charge in [-0.25, -0.2) is 5.84 Å². The number of anilines is 1. The molecule has 0 aliphatic carbocycles. The summed E-state index contributed by atoms with van der Waals surface area (Å²) in [7, 11) is 0. The van der Waals surface area contributed by atoms with Crippen molar-refractivity contribution >= 4 is 11.6 Å². The maximum atomic E-state index is 11.6. The molecule has 0 bridgehead atoms. The summed E-state index contributed by atoms with van der Waals surface area (Å²) < 4.78 is 5.65. The summed E-state index contributed by atoms with van der Waals surface area (Å²) in [6.45, 7) is 3.11. The van der Waals surface area contributed by atoms with E-state index in [1.165, 1.54) is 0 Å². The summed E-state index contributed by atoms with van der Waals surface area (Å²) in [5, 5.41) is 3.17. The maximum absolute atomic E-state index is 11.6. The predicted molar refractivity (Wildman–Crippen MR) is 83.3 cm³/mol. The van der Waals surface area contributed by atoms with Crippen molar-refractivity contribution in [3.8, 4) is 5.75 Å². The van der Waals surface area contributed by atoms with E-state index in [1.807, 2.05) is 43.3 Å². The second-order valence-electron chi connectivity index (χ2n) is 4.61. The molecular formula is C16H19N3O2. The van der Waals surface area contributed by atoms with Crippen molar-refractivity contribution in [3.63, 3.8) is 0 Å². The number of para-hydroxylation sites is 1. The topological polar surface area (TPSA) is 76.4 Å². The average molecular weight is 285 g/mol. The zero-order valence-electron chi connectivity index (χ0n) is 11.9. The number of rotatable bonds is 6. The zero-order valence-corrected chi connectivity index (χ0v) is 11.9. The van der Waals surface area contributed by atoms with Crippen molar-refractivity contribution in [1.82, 2.24) is 5.43 Å². The minimum atomic E-state index is -0.322.